The van der Waals surface area contributed by atoms with Crippen molar-refractivity contribution < 1.29 is 0 Å². The van der Waals surface area contributed by atoms with E-state index in [4.69, 9.17) is 0 Å². The molecular weight excluding hydrogens is 186 g/mol. The topological polar surface area (TPSA) is 53.9 Å². The molecule has 13 heavy (non-hydrogen) atoms. The van der Waals surface area contributed by atoms with Gasteiger partial charge < -0.3 is 10.2 Å². The summed E-state index contributed by atoms with van der Waals surface area (Å²) in [5.41, 5.74) is 0. The molecule has 72 valence electrons. The molecule has 0 bridgehead atoms. The normalized spacial score (nSPS) is 24.4. The Morgan fingerprint density at radius 1 is 1.62 bits per heavy atom. The first-order chi connectivity index (χ1) is 6.36. The summed E-state index contributed by atoms with van der Waals surface area (Å²) in [6, 6.07) is 0. The average Bonchev–Trinajstić information content (AvgIpc) is 2.56. The van der Waals surface area contributed by atoms with Crippen molar-refractivity contribution in [3.8, 4) is 0 Å². The third kappa shape index (κ3) is 2.13. The molecule has 0 aromatic carbocycles. The van der Waals surface area contributed by atoms with E-state index in [1.54, 1.807) is 0 Å². The van der Waals surface area contributed by atoms with Gasteiger partial charge in [-0.2, -0.15) is 0 Å². The molecule has 0 saturated carbocycles. The number of nitrogens with one attached hydrogen (secondary N) is 1. The van der Waals surface area contributed by atoms with E-state index in [0.29, 0.717) is 5.92 Å². The van der Waals surface area contributed by atoms with Crippen LogP contribution in [0.15, 0.2) is 0 Å². The molecule has 2 rings (SSSR count). The second kappa shape index (κ2) is 3.97. The molecular formula is C7H13N5S. The highest BCUT2D eigenvalue weighted by atomic mass is 32.1. The van der Waals surface area contributed by atoms with Crippen LogP contribution in [0.5, 0.6) is 0 Å². The predicted octanol–water partition coefficient (Wildman–Crippen LogP) is -0.0212. The quantitative estimate of drug-likeness (QED) is 0.689. The summed E-state index contributed by atoms with van der Waals surface area (Å²) in [6.07, 6.45) is 0. The van der Waals surface area contributed by atoms with Gasteiger partial charge in [-0.25, -0.2) is 0 Å². The highest BCUT2D eigenvalue weighted by Gasteiger charge is 2.16. The van der Waals surface area contributed by atoms with Gasteiger partial charge in [0.15, 0.2) is 0 Å². The molecule has 1 aromatic rings. The van der Waals surface area contributed by atoms with Crippen LogP contribution < -0.4 is 10.2 Å². The maximum atomic E-state index is 3.97. The summed E-state index contributed by atoms with van der Waals surface area (Å²) >= 11 is 1.37. The van der Waals surface area contributed by atoms with Crippen molar-refractivity contribution in [1.29, 1.82) is 0 Å². The standard InChI is InChI=1S/C7H13N5S/c1-6-4-8-2-3-12(5-6)7-9-10-11-13-7/h6,8H,2-5H2,1H3. The molecule has 1 aromatic heterocycles. The molecule has 0 radical (unpaired) electrons. The Balaban J connectivity index is 2.05. The van der Waals surface area contributed by atoms with Crippen molar-refractivity contribution in [2.75, 3.05) is 31.1 Å². The Kier molecular flexibility index (Phi) is 2.70. The molecule has 1 N–H and O–H groups in total. The lowest BCUT2D eigenvalue weighted by molar-refractivity contribution is 0.563. The van der Waals surface area contributed by atoms with Gasteiger partial charge in [-0.1, -0.05) is 16.5 Å². The monoisotopic (exact) mass is 199 g/mol. The first-order valence-corrected chi connectivity index (χ1v) is 5.24. The van der Waals surface area contributed by atoms with Gasteiger partial charge >= 0.3 is 0 Å². The minimum absolute atomic E-state index is 0.659. The number of anilines is 1. The van der Waals surface area contributed by atoms with E-state index in [0.717, 1.165) is 31.3 Å². The molecule has 0 aliphatic carbocycles. The van der Waals surface area contributed by atoms with Crippen molar-refractivity contribution >= 4 is 16.7 Å². The lowest BCUT2D eigenvalue weighted by atomic mass is 10.2. The molecule has 0 spiro atoms. The van der Waals surface area contributed by atoms with Crippen LogP contribution in [0, 0.1) is 5.92 Å². The Morgan fingerprint density at radius 3 is 3.31 bits per heavy atom. The smallest absolute Gasteiger partial charge is 0.227 e. The van der Waals surface area contributed by atoms with Crippen molar-refractivity contribution in [2.45, 2.75) is 6.92 Å². The lowest BCUT2D eigenvalue weighted by Gasteiger charge is -2.19. The fraction of sp³-hybridized carbons (Fsp3) is 0.857. The first kappa shape index (κ1) is 8.83. The molecule has 1 unspecified atom stereocenters. The summed E-state index contributed by atoms with van der Waals surface area (Å²) in [4.78, 5) is 2.25. The number of hydrogen-bond donors (Lipinski definition) is 1. The molecule has 2 heterocycles. The van der Waals surface area contributed by atoms with Gasteiger partial charge in [0.2, 0.25) is 5.13 Å². The van der Waals surface area contributed by atoms with E-state index in [1.807, 2.05) is 0 Å². The molecule has 1 aliphatic heterocycles. The van der Waals surface area contributed by atoms with Crippen molar-refractivity contribution in [3.05, 3.63) is 0 Å². The maximum Gasteiger partial charge on any atom is 0.227 e. The summed E-state index contributed by atoms with van der Waals surface area (Å²) < 4.78 is 3.77. The predicted molar refractivity (Wildman–Crippen MR) is 52.0 cm³/mol. The fourth-order valence-corrected chi connectivity index (χ4v) is 2.02. The van der Waals surface area contributed by atoms with Crippen molar-refractivity contribution in [2.24, 2.45) is 5.92 Å². The fourth-order valence-electron chi connectivity index (χ4n) is 1.52. The molecule has 1 atom stereocenters. The highest BCUT2D eigenvalue weighted by molar-refractivity contribution is 7.09. The van der Waals surface area contributed by atoms with Crippen molar-refractivity contribution in [1.82, 2.24) is 20.1 Å². The summed E-state index contributed by atoms with van der Waals surface area (Å²) in [5, 5.41) is 11.9. The molecule has 0 amide bonds. The molecule has 1 aliphatic rings. The third-order valence-corrected chi connectivity index (χ3v) is 2.80. The van der Waals surface area contributed by atoms with E-state index < -0.39 is 0 Å². The van der Waals surface area contributed by atoms with Crippen molar-refractivity contribution in [3.63, 3.8) is 0 Å². The van der Waals surface area contributed by atoms with Gasteiger partial charge in [0.05, 0.1) is 0 Å². The van der Waals surface area contributed by atoms with Gasteiger partial charge in [-0.3, -0.25) is 0 Å². The van der Waals surface area contributed by atoms with E-state index in [-0.39, 0.29) is 0 Å². The maximum absolute atomic E-state index is 3.97. The van der Waals surface area contributed by atoms with Crippen LogP contribution in [0.25, 0.3) is 0 Å². The van der Waals surface area contributed by atoms with E-state index >= 15 is 0 Å². The van der Waals surface area contributed by atoms with E-state index in [9.17, 15) is 0 Å². The largest absolute Gasteiger partial charge is 0.344 e. The van der Waals surface area contributed by atoms with Crippen LogP contribution in [-0.2, 0) is 0 Å². The molecule has 1 fully saturated rings. The first-order valence-electron chi connectivity index (χ1n) is 4.47. The van der Waals surface area contributed by atoms with Crippen LogP contribution in [-0.4, -0.2) is 41.0 Å². The number of rotatable bonds is 1. The van der Waals surface area contributed by atoms with Gasteiger partial charge in [0.25, 0.3) is 0 Å². The van der Waals surface area contributed by atoms with Gasteiger partial charge in [0, 0.05) is 31.2 Å². The Morgan fingerprint density at radius 2 is 2.54 bits per heavy atom. The molecule has 5 nitrogen and oxygen atoms in total. The van der Waals surface area contributed by atoms with Gasteiger partial charge in [0.1, 0.15) is 0 Å². The van der Waals surface area contributed by atoms with Crippen LogP contribution in [0.3, 0.4) is 0 Å². The summed E-state index contributed by atoms with van der Waals surface area (Å²) in [7, 11) is 0. The van der Waals surface area contributed by atoms with E-state index in [2.05, 4.69) is 31.9 Å². The zero-order valence-corrected chi connectivity index (χ0v) is 8.42. The molecule has 1 saturated heterocycles. The average molecular weight is 199 g/mol. The Labute approximate surface area is 81.3 Å². The minimum atomic E-state index is 0.659. The van der Waals surface area contributed by atoms with Gasteiger partial charge in [-0.05, 0) is 17.7 Å². The zero-order valence-electron chi connectivity index (χ0n) is 7.60. The number of nitrogens with zero attached hydrogens (tertiary/aromatic N) is 4. The third-order valence-electron chi connectivity index (χ3n) is 2.14. The zero-order chi connectivity index (χ0) is 9.10. The molecule has 6 heteroatoms. The lowest BCUT2D eigenvalue weighted by Crippen LogP contribution is -2.29. The number of hydrogen-bond acceptors (Lipinski definition) is 6. The Hall–Kier alpha value is -0.750. The highest BCUT2D eigenvalue weighted by Crippen LogP contribution is 2.15. The van der Waals surface area contributed by atoms with Crippen LogP contribution >= 0.6 is 11.5 Å². The summed E-state index contributed by atoms with van der Waals surface area (Å²) in [6.45, 7) is 6.39. The Bertz CT molecular complexity index is 249. The SMILES string of the molecule is CC1CNCCN(c2nnns2)C1. The number of aromatic nitrogens is 3. The second-order valence-electron chi connectivity index (χ2n) is 3.40. The van der Waals surface area contributed by atoms with Crippen LogP contribution in [0.1, 0.15) is 6.92 Å². The minimum Gasteiger partial charge on any atom is -0.344 e. The van der Waals surface area contributed by atoms with E-state index in [1.165, 1.54) is 11.5 Å². The summed E-state index contributed by atoms with van der Waals surface area (Å²) in [5.74, 6) is 0.659. The van der Waals surface area contributed by atoms with Crippen LogP contribution in [0.4, 0.5) is 5.13 Å². The van der Waals surface area contributed by atoms with Gasteiger partial charge in [-0.15, -0.1) is 0 Å². The van der Waals surface area contributed by atoms with Crippen LogP contribution in [0.2, 0.25) is 0 Å². The second-order valence-corrected chi connectivity index (χ2v) is 4.11.